The highest BCUT2D eigenvalue weighted by molar-refractivity contribution is 7.17. The fraction of sp³-hybridized carbons (Fsp3) is 0.217. The Kier molecular flexibility index (Phi) is 6.27. The molecule has 1 amide bonds. The van der Waals surface area contributed by atoms with Crippen LogP contribution < -0.4 is 4.90 Å². The second kappa shape index (κ2) is 9.26. The van der Waals surface area contributed by atoms with E-state index in [9.17, 15) is 18.4 Å². The number of amides is 1. The van der Waals surface area contributed by atoms with E-state index in [0.717, 1.165) is 16.1 Å². The molecule has 0 aliphatic carbocycles. The zero-order valence-corrected chi connectivity index (χ0v) is 17.4. The van der Waals surface area contributed by atoms with Gasteiger partial charge in [-0.05, 0) is 54.1 Å². The van der Waals surface area contributed by atoms with Crippen LogP contribution in [0.3, 0.4) is 0 Å². The lowest BCUT2D eigenvalue weighted by atomic mass is 10.2. The Labute approximate surface area is 182 Å². The molecule has 0 saturated carbocycles. The van der Waals surface area contributed by atoms with Crippen LogP contribution in [-0.4, -0.2) is 49.6 Å². The number of halogens is 2. The van der Waals surface area contributed by atoms with Crippen LogP contribution in [0.4, 0.5) is 14.5 Å². The lowest BCUT2D eigenvalue weighted by Gasteiger charge is -2.36. The molecule has 31 heavy (non-hydrogen) atoms. The number of ether oxygens (including phenoxy) is 1. The van der Waals surface area contributed by atoms with Gasteiger partial charge in [0.25, 0.3) is 5.91 Å². The van der Waals surface area contributed by atoms with Crippen molar-refractivity contribution in [2.75, 3.05) is 37.7 Å². The van der Waals surface area contributed by atoms with Crippen LogP contribution >= 0.6 is 11.3 Å². The van der Waals surface area contributed by atoms with Gasteiger partial charge in [0.1, 0.15) is 16.5 Å². The summed E-state index contributed by atoms with van der Waals surface area (Å²) >= 11 is 1.23. The smallest absolute Gasteiger partial charge is 0.348 e. The zero-order valence-electron chi connectivity index (χ0n) is 16.6. The summed E-state index contributed by atoms with van der Waals surface area (Å²) in [4.78, 5) is 29.7. The third-order valence-electron chi connectivity index (χ3n) is 5.09. The normalized spacial score (nSPS) is 13.9. The summed E-state index contributed by atoms with van der Waals surface area (Å²) in [5.41, 5.74) is 1.72. The topological polar surface area (TPSA) is 49.9 Å². The number of carbonyl (C=O) groups is 2. The molecule has 3 aromatic rings. The average Bonchev–Trinajstić information content (AvgIpc) is 3.29. The Morgan fingerprint density at radius 1 is 0.839 bits per heavy atom. The highest BCUT2D eigenvalue weighted by atomic mass is 32.1. The lowest BCUT2D eigenvalue weighted by molar-refractivity contribution is -0.134. The van der Waals surface area contributed by atoms with Gasteiger partial charge in [-0.1, -0.05) is 12.1 Å². The number of nitrogens with zero attached hydrogens (tertiary/aromatic N) is 2. The third kappa shape index (κ3) is 5.08. The van der Waals surface area contributed by atoms with Crippen molar-refractivity contribution >= 4 is 28.9 Å². The first-order chi connectivity index (χ1) is 15.0. The van der Waals surface area contributed by atoms with Crippen LogP contribution in [0.25, 0.3) is 10.4 Å². The molecule has 0 spiro atoms. The number of esters is 1. The summed E-state index contributed by atoms with van der Waals surface area (Å²) in [7, 11) is 0. The fourth-order valence-corrected chi connectivity index (χ4v) is 4.28. The molecule has 1 aliphatic rings. The maximum atomic E-state index is 13.1. The van der Waals surface area contributed by atoms with Gasteiger partial charge in [0.05, 0.1) is 0 Å². The Bertz CT molecular complexity index is 1060. The molecule has 1 aliphatic heterocycles. The van der Waals surface area contributed by atoms with Crippen LogP contribution in [0.2, 0.25) is 0 Å². The molecule has 0 bridgehead atoms. The molecule has 160 valence electrons. The molecule has 0 radical (unpaired) electrons. The highest BCUT2D eigenvalue weighted by Crippen LogP contribution is 2.28. The number of hydrogen-bond donors (Lipinski definition) is 0. The minimum absolute atomic E-state index is 0.248. The Hall–Kier alpha value is -3.26. The van der Waals surface area contributed by atoms with E-state index in [2.05, 4.69) is 4.90 Å². The summed E-state index contributed by atoms with van der Waals surface area (Å²) in [6.07, 6.45) is 0. The first-order valence-electron chi connectivity index (χ1n) is 9.81. The summed E-state index contributed by atoms with van der Waals surface area (Å²) in [6.45, 7) is 1.93. The second-order valence-corrected chi connectivity index (χ2v) is 8.17. The summed E-state index contributed by atoms with van der Waals surface area (Å²) < 4.78 is 31.3. The van der Waals surface area contributed by atoms with E-state index in [-0.39, 0.29) is 24.1 Å². The van der Waals surface area contributed by atoms with Gasteiger partial charge in [-0.15, -0.1) is 11.3 Å². The molecule has 1 aromatic heterocycles. The molecule has 4 rings (SSSR count). The van der Waals surface area contributed by atoms with Crippen molar-refractivity contribution < 1.29 is 23.1 Å². The number of benzene rings is 2. The van der Waals surface area contributed by atoms with E-state index in [1.807, 2.05) is 0 Å². The van der Waals surface area contributed by atoms with Gasteiger partial charge in [0.15, 0.2) is 6.61 Å². The van der Waals surface area contributed by atoms with Crippen LogP contribution in [0, 0.1) is 11.6 Å². The molecule has 0 N–H and O–H groups in total. The number of thiophene rings is 1. The molecule has 2 heterocycles. The van der Waals surface area contributed by atoms with Crippen LogP contribution in [0.5, 0.6) is 0 Å². The number of carbonyl (C=O) groups excluding carboxylic acids is 2. The lowest BCUT2D eigenvalue weighted by Crippen LogP contribution is -2.49. The fourth-order valence-electron chi connectivity index (χ4n) is 3.37. The van der Waals surface area contributed by atoms with Crippen molar-refractivity contribution in [2.24, 2.45) is 0 Å². The van der Waals surface area contributed by atoms with Crippen molar-refractivity contribution in [3.8, 4) is 10.4 Å². The minimum Gasteiger partial charge on any atom is -0.451 e. The number of hydrogen-bond acceptors (Lipinski definition) is 5. The minimum atomic E-state index is -0.559. The number of piperazine rings is 1. The first-order valence-corrected chi connectivity index (χ1v) is 10.6. The van der Waals surface area contributed by atoms with E-state index < -0.39 is 5.97 Å². The van der Waals surface area contributed by atoms with Gasteiger partial charge in [0, 0.05) is 36.7 Å². The second-order valence-electron chi connectivity index (χ2n) is 7.09. The molecule has 2 aromatic carbocycles. The molecule has 8 heteroatoms. The molecule has 0 atom stereocenters. The number of anilines is 1. The highest BCUT2D eigenvalue weighted by Gasteiger charge is 2.23. The van der Waals surface area contributed by atoms with E-state index >= 15 is 0 Å². The van der Waals surface area contributed by atoms with E-state index in [4.69, 9.17) is 4.74 Å². The Balaban J connectivity index is 1.27. The third-order valence-corrected chi connectivity index (χ3v) is 6.20. The van der Waals surface area contributed by atoms with Crippen LogP contribution in [0.1, 0.15) is 9.67 Å². The van der Waals surface area contributed by atoms with E-state index in [0.29, 0.717) is 31.1 Å². The largest absolute Gasteiger partial charge is 0.451 e. The molecular formula is C23H20F2N2O3S. The molecule has 0 unspecified atom stereocenters. The van der Waals surface area contributed by atoms with Crippen molar-refractivity contribution in [2.45, 2.75) is 0 Å². The zero-order chi connectivity index (χ0) is 21.8. The maximum absolute atomic E-state index is 13.1. The quantitative estimate of drug-likeness (QED) is 0.556. The van der Waals surface area contributed by atoms with Gasteiger partial charge in [-0.25, -0.2) is 13.6 Å². The summed E-state index contributed by atoms with van der Waals surface area (Å²) in [5.74, 6) is -1.41. The van der Waals surface area contributed by atoms with Crippen molar-refractivity contribution in [1.29, 1.82) is 0 Å². The molecule has 5 nitrogen and oxygen atoms in total. The van der Waals surface area contributed by atoms with E-state index in [1.54, 1.807) is 41.3 Å². The van der Waals surface area contributed by atoms with Gasteiger partial charge in [0.2, 0.25) is 0 Å². The van der Waals surface area contributed by atoms with Gasteiger partial charge < -0.3 is 14.5 Å². The van der Waals surface area contributed by atoms with Crippen LogP contribution in [0.15, 0.2) is 60.7 Å². The Morgan fingerprint density at radius 3 is 2.10 bits per heavy atom. The van der Waals surface area contributed by atoms with Crippen LogP contribution in [-0.2, 0) is 9.53 Å². The number of rotatable bonds is 5. The van der Waals surface area contributed by atoms with Gasteiger partial charge in [-0.3, -0.25) is 4.79 Å². The SMILES string of the molecule is O=C(OCC(=O)N1CCN(c2ccc(F)cc2)CC1)c1ccc(-c2ccc(F)cc2)s1. The monoisotopic (exact) mass is 442 g/mol. The summed E-state index contributed by atoms with van der Waals surface area (Å²) in [5, 5.41) is 0. The van der Waals surface area contributed by atoms with E-state index in [1.165, 1.54) is 35.6 Å². The van der Waals surface area contributed by atoms with Crippen molar-refractivity contribution in [1.82, 2.24) is 4.90 Å². The Morgan fingerprint density at radius 2 is 1.45 bits per heavy atom. The summed E-state index contributed by atoms with van der Waals surface area (Å²) in [6, 6.07) is 15.7. The molecular weight excluding hydrogens is 422 g/mol. The molecule has 1 fully saturated rings. The predicted molar refractivity (Wildman–Crippen MR) is 115 cm³/mol. The standard InChI is InChI=1S/C23H20F2N2O3S/c24-17-3-1-16(2-4-17)20-9-10-21(31-20)23(29)30-15-22(28)27-13-11-26(12-14-27)19-7-5-18(25)6-8-19/h1-10H,11-15H2. The first kappa shape index (κ1) is 21.0. The van der Waals surface area contributed by atoms with Crippen molar-refractivity contribution in [3.63, 3.8) is 0 Å². The van der Waals surface area contributed by atoms with Gasteiger partial charge in [-0.2, -0.15) is 0 Å². The molecule has 1 saturated heterocycles. The predicted octanol–water partition coefficient (Wildman–Crippen LogP) is 4.20. The van der Waals surface area contributed by atoms with Gasteiger partial charge >= 0.3 is 5.97 Å². The average molecular weight is 442 g/mol. The maximum Gasteiger partial charge on any atom is 0.348 e. The van der Waals surface area contributed by atoms with Crippen molar-refractivity contribution in [3.05, 3.63) is 77.2 Å².